The molecule has 0 saturated heterocycles. The lowest BCUT2D eigenvalue weighted by Gasteiger charge is -2.19. The zero-order valence-electron chi connectivity index (χ0n) is 14.9. The highest BCUT2D eigenvalue weighted by atomic mass is 35.5. The normalized spacial score (nSPS) is 15.8. The highest BCUT2D eigenvalue weighted by Crippen LogP contribution is 2.28. The van der Waals surface area contributed by atoms with Gasteiger partial charge in [0, 0.05) is 17.3 Å². The maximum absolute atomic E-state index is 12.9. The fraction of sp³-hybridized carbons (Fsp3) is 0.238. The first-order chi connectivity index (χ1) is 12.5. The lowest BCUT2D eigenvalue weighted by atomic mass is 10.2. The van der Waals surface area contributed by atoms with Crippen LogP contribution in [-0.2, 0) is 10.5 Å². The number of amidine groups is 1. The molecule has 2 aromatic carbocycles. The Hall–Kier alpha value is -2.04. The van der Waals surface area contributed by atoms with Crippen LogP contribution in [0.1, 0.15) is 25.0 Å². The van der Waals surface area contributed by atoms with Gasteiger partial charge in [0.25, 0.3) is 5.91 Å². The van der Waals surface area contributed by atoms with Crippen molar-refractivity contribution >= 4 is 40.5 Å². The van der Waals surface area contributed by atoms with E-state index in [4.69, 9.17) is 11.6 Å². The minimum atomic E-state index is -0.0609. The molecule has 0 unspecified atom stereocenters. The van der Waals surface area contributed by atoms with Gasteiger partial charge in [-0.15, -0.1) is 0 Å². The Kier molecular flexibility index (Phi) is 6.17. The van der Waals surface area contributed by atoms with Crippen molar-refractivity contribution in [2.75, 3.05) is 6.54 Å². The van der Waals surface area contributed by atoms with Gasteiger partial charge >= 0.3 is 0 Å². The number of carbonyl (C=O) groups is 1. The Morgan fingerprint density at radius 2 is 1.81 bits per heavy atom. The number of nitrogens with zero attached hydrogens (tertiary/aromatic N) is 2. The summed E-state index contributed by atoms with van der Waals surface area (Å²) in [6.45, 7) is 4.85. The largest absolute Gasteiger partial charge is 0.286 e. The molecule has 1 amide bonds. The molecular formula is C21H21ClN2OS. The molecule has 1 aliphatic heterocycles. The van der Waals surface area contributed by atoms with Crippen LogP contribution in [-0.4, -0.2) is 22.5 Å². The molecule has 0 aromatic heterocycles. The first-order valence-corrected chi connectivity index (χ1v) is 9.94. The molecular weight excluding hydrogens is 364 g/mol. The van der Waals surface area contributed by atoms with Crippen LogP contribution >= 0.6 is 23.4 Å². The Bertz CT molecular complexity index is 846. The van der Waals surface area contributed by atoms with E-state index in [0.717, 1.165) is 16.5 Å². The predicted molar refractivity (Wildman–Crippen MR) is 111 cm³/mol. The van der Waals surface area contributed by atoms with Crippen molar-refractivity contribution in [2.45, 2.75) is 19.6 Å². The van der Waals surface area contributed by atoms with Crippen molar-refractivity contribution in [1.82, 2.24) is 4.90 Å². The summed E-state index contributed by atoms with van der Waals surface area (Å²) in [5.41, 5.74) is 2.45. The first-order valence-electron chi connectivity index (χ1n) is 8.58. The Balaban J connectivity index is 1.85. The van der Waals surface area contributed by atoms with Crippen molar-refractivity contribution < 1.29 is 4.79 Å². The van der Waals surface area contributed by atoms with E-state index in [0.29, 0.717) is 23.2 Å². The summed E-state index contributed by atoms with van der Waals surface area (Å²) < 4.78 is 0. The van der Waals surface area contributed by atoms with E-state index in [1.165, 1.54) is 5.56 Å². The fourth-order valence-corrected chi connectivity index (χ4v) is 3.78. The van der Waals surface area contributed by atoms with Gasteiger partial charge in [0.15, 0.2) is 5.17 Å². The fourth-order valence-electron chi connectivity index (χ4n) is 2.63. The van der Waals surface area contributed by atoms with Crippen molar-refractivity contribution in [3.05, 3.63) is 76.4 Å². The molecule has 134 valence electrons. The molecule has 0 atom stereocenters. The average molecular weight is 385 g/mol. The van der Waals surface area contributed by atoms with Crippen molar-refractivity contribution in [1.29, 1.82) is 0 Å². The summed E-state index contributed by atoms with van der Waals surface area (Å²) in [4.78, 5) is 19.3. The van der Waals surface area contributed by atoms with Crippen LogP contribution in [0.4, 0.5) is 0 Å². The number of rotatable bonds is 5. The highest BCUT2D eigenvalue weighted by Gasteiger charge is 2.31. The van der Waals surface area contributed by atoms with Gasteiger partial charge < -0.3 is 0 Å². The molecule has 1 aliphatic rings. The van der Waals surface area contributed by atoms with Gasteiger partial charge in [-0.2, -0.15) is 0 Å². The molecule has 2 aromatic rings. The van der Waals surface area contributed by atoms with Gasteiger partial charge in [0.1, 0.15) is 5.70 Å². The quantitative estimate of drug-likeness (QED) is 0.640. The summed E-state index contributed by atoms with van der Waals surface area (Å²) in [6, 6.07) is 17.7. The lowest BCUT2D eigenvalue weighted by molar-refractivity contribution is -0.122. The second-order valence-corrected chi connectivity index (χ2v) is 7.88. The third kappa shape index (κ3) is 4.57. The third-order valence-corrected chi connectivity index (χ3v) is 5.26. The molecule has 0 aliphatic carbocycles. The number of thioether (sulfide) groups is 1. The van der Waals surface area contributed by atoms with Gasteiger partial charge in [-0.1, -0.05) is 85.7 Å². The standard InChI is InChI=1S/C21H21ClN2OS/c1-15(2)13-24-20(25)19(12-17-10-6-7-11-18(17)22)23-21(24)26-14-16-8-4-3-5-9-16/h3-12,15H,13-14H2,1-2H3/b19-12-. The van der Waals surface area contributed by atoms with E-state index in [1.54, 1.807) is 22.7 Å². The van der Waals surface area contributed by atoms with Crippen LogP contribution in [0.25, 0.3) is 6.08 Å². The Labute approximate surface area is 163 Å². The van der Waals surface area contributed by atoms with E-state index in [9.17, 15) is 4.79 Å². The minimum Gasteiger partial charge on any atom is -0.286 e. The highest BCUT2D eigenvalue weighted by molar-refractivity contribution is 8.13. The maximum Gasteiger partial charge on any atom is 0.278 e. The van der Waals surface area contributed by atoms with Crippen molar-refractivity contribution in [2.24, 2.45) is 10.9 Å². The van der Waals surface area contributed by atoms with Gasteiger partial charge in [-0.05, 0) is 29.2 Å². The monoisotopic (exact) mass is 384 g/mol. The van der Waals surface area contributed by atoms with E-state index >= 15 is 0 Å². The second kappa shape index (κ2) is 8.56. The van der Waals surface area contributed by atoms with Crippen LogP contribution in [0.3, 0.4) is 0 Å². The maximum atomic E-state index is 12.9. The zero-order chi connectivity index (χ0) is 18.5. The van der Waals surface area contributed by atoms with E-state index in [1.807, 2.05) is 42.5 Å². The lowest BCUT2D eigenvalue weighted by Crippen LogP contribution is -2.33. The summed E-state index contributed by atoms with van der Waals surface area (Å²) in [5.74, 6) is 1.08. The summed E-state index contributed by atoms with van der Waals surface area (Å²) in [6.07, 6.45) is 1.77. The van der Waals surface area contributed by atoms with E-state index < -0.39 is 0 Å². The minimum absolute atomic E-state index is 0.0609. The summed E-state index contributed by atoms with van der Waals surface area (Å²) in [7, 11) is 0. The number of aliphatic imine (C=N–C) groups is 1. The topological polar surface area (TPSA) is 32.7 Å². The van der Waals surface area contributed by atoms with Crippen LogP contribution in [0.5, 0.6) is 0 Å². The van der Waals surface area contributed by atoms with E-state index in [-0.39, 0.29) is 5.91 Å². The molecule has 1 heterocycles. The van der Waals surface area contributed by atoms with Crippen LogP contribution in [0.15, 0.2) is 65.3 Å². The van der Waals surface area contributed by atoms with Crippen LogP contribution in [0, 0.1) is 5.92 Å². The first kappa shape index (κ1) is 18.7. The number of amides is 1. The molecule has 5 heteroatoms. The number of hydrogen-bond donors (Lipinski definition) is 0. The Morgan fingerprint density at radius 3 is 2.50 bits per heavy atom. The van der Waals surface area contributed by atoms with Gasteiger partial charge in [0.05, 0.1) is 0 Å². The van der Waals surface area contributed by atoms with Crippen LogP contribution < -0.4 is 0 Å². The zero-order valence-corrected chi connectivity index (χ0v) is 16.4. The van der Waals surface area contributed by atoms with E-state index in [2.05, 4.69) is 31.0 Å². The summed E-state index contributed by atoms with van der Waals surface area (Å²) in [5, 5.41) is 1.37. The molecule has 26 heavy (non-hydrogen) atoms. The third-order valence-electron chi connectivity index (χ3n) is 3.87. The van der Waals surface area contributed by atoms with Gasteiger partial charge in [-0.25, -0.2) is 4.99 Å². The number of halogens is 1. The molecule has 0 spiro atoms. The number of carbonyl (C=O) groups excluding carboxylic acids is 1. The molecule has 0 fully saturated rings. The molecule has 0 bridgehead atoms. The van der Waals surface area contributed by atoms with Crippen molar-refractivity contribution in [3.63, 3.8) is 0 Å². The average Bonchev–Trinajstić information content (AvgIpc) is 2.91. The SMILES string of the molecule is CC(C)CN1C(=O)/C(=C/c2ccccc2Cl)N=C1SCc1ccccc1. The van der Waals surface area contributed by atoms with Gasteiger partial charge in [-0.3, -0.25) is 9.69 Å². The number of benzene rings is 2. The molecule has 0 N–H and O–H groups in total. The van der Waals surface area contributed by atoms with Crippen molar-refractivity contribution in [3.8, 4) is 0 Å². The smallest absolute Gasteiger partial charge is 0.278 e. The van der Waals surface area contributed by atoms with Crippen LogP contribution in [0.2, 0.25) is 5.02 Å². The number of hydrogen-bond acceptors (Lipinski definition) is 3. The second-order valence-electron chi connectivity index (χ2n) is 6.53. The van der Waals surface area contributed by atoms with Gasteiger partial charge in [0.2, 0.25) is 0 Å². The molecule has 3 nitrogen and oxygen atoms in total. The predicted octanol–water partition coefficient (Wildman–Crippen LogP) is 5.47. The molecule has 0 saturated carbocycles. The molecule has 0 radical (unpaired) electrons. The Morgan fingerprint density at radius 1 is 1.12 bits per heavy atom. The molecule has 3 rings (SSSR count). The summed E-state index contributed by atoms with van der Waals surface area (Å²) >= 11 is 7.82.